The molecule has 0 unspecified atom stereocenters. The first-order chi connectivity index (χ1) is 12.7. The lowest BCUT2D eigenvalue weighted by Crippen LogP contribution is -2.47. The Morgan fingerprint density at radius 3 is 2.33 bits per heavy atom. The van der Waals surface area contributed by atoms with Gasteiger partial charge in [-0.15, -0.1) is 0 Å². The van der Waals surface area contributed by atoms with Gasteiger partial charge < -0.3 is 10.1 Å². The van der Waals surface area contributed by atoms with Gasteiger partial charge in [0.05, 0.1) is 19.1 Å². The second kappa shape index (κ2) is 8.63. The minimum absolute atomic E-state index is 0.292. The van der Waals surface area contributed by atoms with E-state index in [2.05, 4.69) is 5.32 Å². The van der Waals surface area contributed by atoms with Gasteiger partial charge in [-0.2, -0.15) is 0 Å². The van der Waals surface area contributed by atoms with Crippen LogP contribution in [-0.2, 0) is 14.8 Å². The first-order valence-electron chi connectivity index (χ1n) is 8.37. The number of nitrogens with zero attached hydrogens (tertiary/aromatic N) is 1. The predicted octanol–water partition coefficient (Wildman–Crippen LogP) is 3.84. The van der Waals surface area contributed by atoms with Crippen molar-refractivity contribution in [1.82, 2.24) is 0 Å². The molecule has 2 aromatic carbocycles. The number of carbonyl (C=O) groups is 1. The van der Waals surface area contributed by atoms with Gasteiger partial charge in [0, 0.05) is 10.7 Å². The van der Waals surface area contributed by atoms with Crippen LogP contribution < -0.4 is 14.4 Å². The molecule has 0 aliphatic rings. The van der Waals surface area contributed by atoms with E-state index in [4.69, 9.17) is 16.3 Å². The van der Waals surface area contributed by atoms with Gasteiger partial charge in [0.2, 0.25) is 15.9 Å². The van der Waals surface area contributed by atoms with Gasteiger partial charge in [0.1, 0.15) is 11.8 Å². The monoisotopic (exact) mass is 410 g/mol. The van der Waals surface area contributed by atoms with E-state index in [1.54, 1.807) is 56.5 Å². The predicted molar refractivity (Wildman–Crippen MR) is 109 cm³/mol. The number of carbonyl (C=O) groups excluding carboxylic acids is 1. The third-order valence-electron chi connectivity index (χ3n) is 4.10. The Morgan fingerprint density at radius 1 is 1.22 bits per heavy atom. The number of hydrogen-bond acceptors (Lipinski definition) is 4. The molecule has 146 valence electrons. The van der Waals surface area contributed by atoms with Crippen molar-refractivity contribution >= 4 is 38.9 Å². The van der Waals surface area contributed by atoms with E-state index in [9.17, 15) is 13.2 Å². The average Bonchev–Trinajstić information content (AvgIpc) is 2.61. The number of ether oxygens (including phenoxy) is 1. The average molecular weight is 411 g/mol. The Morgan fingerprint density at radius 2 is 1.85 bits per heavy atom. The molecule has 8 heteroatoms. The van der Waals surface area contributed by atoms with Crippen molar-refractivity contribution in [1.29, 1.82) is 0 Å². The summed E-state index contributed by atoms with van der Waals surface area (Å²) in [6.45, 7) is 3.58. The third-order valence-corrected chi connectivity index (χ3v) is 5.68. The summed E-state index contributed by atoms with van der Waals surface area (Å²) in [5, 5.41) is 3.20. The van der Waals surface area contributed by atoms with Crippen LogP contribution in [0, 0.1) is 6.92 Å². The van der Waals surface area contributed by atoms with Gasteiger partial charge in [0.25, 0.3) is 0 Å². The quantitative estimate of drug-likeness (QED) is 0.752. The van der Waals surface area contributed by atoms with Gasteiger partial charge in [0.15, 0.2) is 0 Å². The molecule has 1 amide bonds. The first kappa shape index (κ1) is 21.1. The zero-order chi connectivity index (χ0) is 20.2. The second-order valence-electron chi connectivity index (χ2n) is 6.13. The molecule has 0 heterocycles. The molecule has 2 aromatic rings. The SMILES string of the molecule is CC[C@H](C(=O)Nc1ccc(OC)cc1)N(c1ccc(C)c(Cl)c1)S(C)(=O)=O. The van der Waals surface area contributed by atoms with Crippen LogP contribution in [0.4, 0.5) is 11.4 Å². The molecule has 27 heavy (non-hydrogen) atoms. The molecule has 0 saturated carbocycles. The Bertz CT molecular complexity index is 914. The highest BCUT2D eigenvalue weighted by atomic mass is 35.5. The van der Waals surface area contributed by atoms with E-state index in [0.717, 1.165) is 16.1 Å². The highest BCUT2D eigenvalue weighted by Gasteiger charge is 2.31. The van der Waals surface area contributed by atoms with Crippen LogP contribution in [0.1, 0.15) is 18.9 Å². The molecule has 6 nitrogen and oxygen atoms in total. The molecule has 0 aliphatic carbocycles. The highest BCUT2D eigenvalue weighted by molar-refractivity contribution is 7.92. The number of hydrogen-bond donors (Lipinski definition) is 1. The molecule has 0 aliphatic heterocycles. The van der Waals surface area contributed by atoms with Gasteiger partial charge in [-0.3, -0.25) is 9.10 Å². The standard InChI is InChI=1S/C19H23ClN2O4S/c1-5-18(19(23)21-14-7-10-16(26-3)11-8-14)22(27(4,24)25)15-9-6-13(2)17(20)12-15/h6-12,18H,5H2,1-4H3,(H,21,23)/t18-/m1/s1. The van der Waals surface area contributed by atoms with Gasteiger partial charge in [-0.1, -0.05) is 24.6 Å². The molecule has 0 spiro atoms. The fraction of sp³-hybridized carbons (Fsp3) is 0.316. The molecule has 1 atom stereocenters. The van der Waals surface area contributed by atoms with Crippen LogP contribution in [0.25, 0.3) is 0 Å². The Balaban J connectivity index is 2.36. The normalized spacial score (nSPS) is 12.3. The summed E-state index contributed by atoms with van der Waals surface area (Å²) in [6.07, 6.45) is 1.37. The van der Waals surface area contributed by atoms with Crippen LogP contribution in [0.2, 0.25) is 5.02 Å². The number of methoxy groups -OCH3 is 1. The van der Waals surface area contributed by atoms with Crippen molar-refractivity contribution < 1.29 is 17.9 Å². The van der Waals surface area contributed by atoms with Crippen molar-refractivity contribution in [3.63, 3.8) is 0 Å². The van der Waals surface area contributed by atoms with E-state index in [-0.39, 0.29) is 0 Å². The summed E-state index contributed by atoms with van der Waals surface area (Å²) in [6, 6.07) is 10.8. The Kier molecular flexibility index (Phi) is 6.73. The molecule has 0 aromatic heterocycles. The number of anilines is 2. The maximum absolute atomic E-state index is 12.8. The summed E-state index contributed by atoms with van der Waals surface area (Å²) < 4.78 is 31.1. The van der Waals surface area contributed by atoms with Gasteiger partial charge >= 0.3 is 0 Å². The van der Waals surface area contributed by atoms with Gasteiger partial charge in [-0.25, -0.2) is 8.42 Å². The van der Waals surface area contributed by atoms with E-state index in [1.807, 2.05) is 6.92 Å². The van der Waals surface area contributed by atoms with Crippen molar-refractivity contribution in [2.24, 2.45) is 0 Å². The number of halogens is 1. The molecule has 2 rings (SSSR count). The number of aryl methyl sites for hydroxylation is 1. The summed E-state index contributed by atoms with van der Waals surface area (Å²) in [5.41, 5.74) is 1.73. The molecule has 1 N–H and O–H groups in total. The number of benzene rings is 2. The summed E-state index contributed by atoms with van der Waals surface area (Å²) >= 11 is 6.16. The van der Waals surface area contributed by atoms with E-state index in [0.29, 0.717) is 28.6 Å². The smallest absolute Gasteiger partial charge is 0.248 e. The lowest BCUT2D eigenvalue weighted by atomic mass is 10.1. The Hall–Kier alpha value is -2.25. The van der Waals surface area contributed by atoms with Crippen molar-refractivity contribution in [3.05, 3.63) is 53.1 Å². The number of sulfonamides is 1. The van der Waals surface area contributed by atoms with Gasteiger partial charge in [-0.05, 0) is 55.3 Å². The van der Waals surface area contributed by atoms with Crippen molar-refractivity contribution in [3.8, 4) is 5.75 Å². The first-order valence-corrected chi connectivity index (χ1v) is 10.6. The van der Waals surface area contributed by atoms with E-state index < -0.39 is 22.0 Å². The number of nitrogens with one attached hydrogen (secondary N) is 1. The second-order valence-corrected chi connectivity index (χ2v) is 8.40. The largest absolute Gasteiger partial charge is 0.497 e. The summed E-state index contributed by atoms with van der Waals surface area (Å²) in [7, 11) is -2.16. The highest BCUT2D eigenvalue weighted by Crippen LogP contribution is 2.28. The lowest BCUT2D eigenvalue weighted by molar-refractivity contribution is -0.117. The van der Waals surface area contributed by atoms with Crippen LogP contribution in [0.15, 0.2) is 42.5 Å². The van der Waals surface area contributed by atoms with Crippen LogP contribution in [0.3, 0.4) is 0 Å². The molecule has 0 bridgehead atoms. The van der Waals surface area contributed by atoms with Crippen LogP contribution in [0.5, 0.6) is 5.75 Å². The van der Waals surface area contributed by atoms with Crippen molar-refractivity contribution in [2.45, 2.75) is 26.3 Å². The molecule has 0 fully saturated rings. The zero-order valence-corrected chi connectivity index (χ0v) is 17.3. The fourth-order valence-electron chi connectivity index (χ4n) is 2.68. The molecule has 0 saturated heterocycles. The Labute approximate surface area is 165 Å². The molecule has 0 radical (unpaired) electrons. The van der Waals surface area contributed by atoms with Crippen LogP contribution in [-0.4, -0.2) is 33.7 Å². The molecular formula is C19H23ClN2O4S. The molecular weight excluding hydrogens is 388 g/mol. The fourth-order valence-corrected chi connectivity index (χ4v) is 4.06. The zero-order valence-electron chi connectivity index (χ0n) is 15.7. The lowest BCUT2D eigenvalue weighted by Gasteiger charge is -2.30. The van der Waals surface area contributed by atoms with E-state index in [1.165, 1.54) is 0 Å². The summed E-state index contributed by atoms with van der Waals surface area (Å²) in [5.74, 6) is 0.233. The number of amides is 1. The van der Waals surface area contributed by atoms with E-state index >= 15 is 0 Å². The minimum atomic E-state index is -3.71. The summed E-state index contributed by atoms with van der Waals surface area (Å²) in [4.78, 5) is 12.8. The van der Waals surface area contributed by atoms with Crippen LogP contribution >= 0.6 is 11.6 Å². The maximum Gasteiger partial charge on any atom is 0.248 e. The van der Waals surface area contributed by atoms with Crippen molar-refractivity contribution in [2.75, 3.05) is 23.0 Å². The third kappa shape index (κ3) is 5.14. The topological polar surface area (TPSA) is 75.7 Å². The number of rotatable bonds is 7. The minimum Gasteiger partial charge on any atom is -0.497 e. The maximum atomic E-state index is 12.8.